The van der Waals surface area contributed by atoms with E-state index in [4.69, 9.17) is 23.2 Å². The Hall–Kier alpha value is -1.06. The van der Waals surface area contributed by atoms with E-state index < -0.39 is 0 Å². The summed E-state index contributed by atoms with van der Waals surface area (Å²) in [5, 5.41) is 14.0. The second-order valence-corrected chi connectivity index (χ2v) is 5.78. The summed E-state index contributed by atoms with van der Waals surface area (Å²) in [6.07, 6.45) is 0. The minimum Gasteiger partial charge on any atom is -0.394 e. The number of hydrogen-bond donors (Lipinski definition) is 2. The second kappa shape index (κ2) is 9.80. The summed E-state index contributed by atoms with van der Waals surface area (Å²) in [6.45, 7) is 4.21. The van der Waals surface area contributed by atoms with Crippen LogP contribution in [0.3, 0.4) is 0 Å². The van der Waals surface area contributed by atoms with Crippen LogP contribution in [0.25, 0.3) is 0 Å². The number of halogens is 2. The van der Waals surface area contributed by atoms with Gasteiger partial charge >= 0.3 is 0 Å². The minimum atomic E-state index is -0.00716. The third-order valence-corrected chi connectivity index (χ3v) is 3.23. The average Bonchev–Trinajstić information content (AvgIpc) is 2.47. The molecule has 0 spiro atoms. The molecule has 0 bridgehead atoms. The van der Waals surface area contributed by atoms with Gasteiger partial charge in [-0.3, -0.25) is 0 Å². The van der Waals surface area contributed by atoms with Crippen LogP contribution in [-0.4, -0.2) is 17.8 Å². The van der Waals surface area contributed by atoms with Gasteiger partial charge in [-0.1, -0.05) is 67.4 Å². The van der Waals surface area contributed by atoms with Crippen molar-refractivity contribution in [1.82, 2.24) is 5.32 Å². The number of benzene rings is 2. The van der Waals surface area contributed by atoms with E-state index in [1.54, 1.807) is 0 Å². The van der Waals surface area contributed by atoms with Crippen molar-refractivity contribution < 1.29 is 5.11 Å². The van der Waals surface area contributed by atoms with Gasteiger partial charge in [-0.15, -0.1) is 0 Å². The first kappa shape index (κ1) is 18.0. The fourth-order valence-corrected chi connectivity index (χ4v) is 2.04. The molecule has 1 unspecified atom stereocenters. The minimum absolute atomic E-state index is 0.00716. The molecule has 0 heterocycles. The first-order chi connectivity index (χ1) is 10.0. The molecule has 0 saturated carbocycles. The Morgan fingerprint density at radius 2 is 1.43 bits per heavy atom. The molecule has 2 aromatic carbocycles. The zero-order valence-electron chi connectivity index (χ0n) is 12.3. The maximum Gasteiger partial charge on any atom is 0.0626 e. The molecular weight excluding hydrogens is 305 g/mol. The summed E-state index contributed by atoms with van der Waals surface area (Å²) in [5.74, 6) is 0. The van der Waals surface area contributed by atoms with Crippen molar-refractivity contribution in [3.63, 3.8) is 0 Å². The second-order valence-electron chi connectivity index (χ2n) is 4.90. The molecule has 2 aromatic rings. The van der Waals surface area contributed by atoms with Gasteiger partial charge in [0.2, 0.25) is 0 Å². The summed E-state index contributed by atoms with van der Waals surface area (Å²) in [7, 11) is 0. The lowest BCUT2D eigenvalue weighted by Gasteiger charge is -2.19. The lowest BCUT2D eigenvalue weighted by atomic mass is 10.1. The van der Waals surface area contributed by atoms with Crippen molar-refractivity contribution in [1.29, 1.82) is 0 Å². The Balaban J connectivity index is 0.000000262. The predicted molar refractivity (Wildman–Crippen MR) is 91.0 cm³/mol. The summed E-state index contributed by atoms with van der Waals surface area (Å²) in [4.78, 5) is 0. The molecule has 2 N–H and O–H groups in total. The van der Waals surface area contributed by atoms with Crippen LogP contribution in [0.2, 0.25) is 10.0 Å². The highest BCUT2D eigenvalue weighted by molar-refractivity contribution is 6.30. The number of rotatable bonds is 4. The zero-order valence-corrected chi connectivity index (χ0v) is 13.8. The largest absolute Gasteiger partial charge is 0.394 e. The third-order valence-electron chi connectivity index (χ3n) is 2.72. The van der Waals surface area contributed by atoms with Gasteiger partial charge < -0.3 is 10.4 Å². The summed E-state index contributed by atoms with van der Waals surface area (Å²) >= 11 is 11.3. The Morgan fingerprint density at radius 3 is 1.81 bits per heavy atom. The molecular formula is C17H21Cl2NO. The quantitative estimate of drug-likeness (QED) is 0.853. The molecule has 0 fully saturated rings. The predicted octanol–water partition coefficient (Wildman–Crippen LogP) is 4.71. The highest BCUT2D eigenvalue weighted by atomic mass is 35.5. The molecule has 0 aliphatic rings. The van der Waals surface area contributed by atoms with Gasteiger partial charge in [0.15, 0.2) is 0 Å². The van der Waals surface area contributed by atoms with Crippen molar-refractivity contribution in [3.05, 3.63) is 70.2 Å². The van der Waals surface area contributed by atoms with Crippen LogP contribution < -0.4 is 5.32 Å². The van der Waals surface area contributed by atoms with Crippen LogP contribution in [0.15, 0.2) is 54.6 Å². The lowest BCUT2D eigenvalue weighted by Crippen LogP contribution is -2.30. The van der Waals surface area contributed by atoms with Crippen LogP contribution >= 0.6 is 23.2 Å². The molecule has 114 valence electrons. The van der Waals surface area contributed by atoms with Crippen LogP contribution in [-0.2, 0) is 0 Å². The molecule has 0 aromatic heterocycles. The topological polar surface area (TPSA) is 32.3 Å². The molecule has 0 saturated heterocycles. The van der Waals surface area contributed by atoms with Gasteiger partial charge in [0, 0.05) is 16.1 Å². The summed E-state index contributed by atoms with van der Waals surface area (Å²) in [5.41, 5.74) is 1.06. The van der Waals surface area contributed by atoms with E-state index in [-0.39, 0.29) is 12.6 Å². The maximum atomic E-state index is 9.20. The van der Waals surface area contributed by atoms with Crippen molar-refractivity contribution in [3.8, 4) is 0 Å². The number of aliphatic hydroxyl groups excluding tert-OH is 1. The van der Waals surface area contributed by atoms with Crippen LogP contribution in [0.4, 0.5) is 0 Å². The molecule has 0 radical (unpaired) electrons. The van der Waals surface area contributed by atoms with Crippen LogP contribution in [0.5, 0.6) is 0 Å². The van der Waals surface area contributed by atoms with Crippen LogP contribution in [0.1, 0.15) is 25.5 Å². The van der Waals surface area contributed by atoms with Crippen molar-refractivity contribution in [2.45, 2.75) is 25.9 Å². The van der Waals surface area contributed by atoms with Gasteiger partial charge in [-0.2, -0.15) is 0 Å². The number of hydrogen-bond acceptors (Lipinski definition) is 2. The first-order valence-corrected chi connectivity index (χ1v) is 7.61. The number of nitrogens with one attached hydrogen (secondary N) is 1. The standard InChI is InChI=1S/C11H16ClNO.C6H5Cl/c1-8(2)13-11(7-14)9-3-5-10(12)6-4-9;7-6-4-2-1-3-5-6/h3-6,8,11,13-14H,7H2,1-2H3;1-5H. The molecule has 1 atom stereocenters. The Morgan fingerprint density at radius 1 is 0.905 bits per heavy atom. The Labute approximate surface area is 136 Å². The van der Waals surface area contributed by atoms with Gasteiger partial charge in [-0.05, 0) is 29.8 Å². The molecule has 0 aliphatic carbocycles. The lowest BCUT2D eigenvalue weighted by molar-refractivity contribution is 0.237. The molecule has 0 amide bonds. The molecule has 21 heavy (non-hydrogen) atoms. The Bertz CT molecular complexity index is 500. The van der Waals surface area contributed by atoms with E-state index in [0.717, 1.165) is 15.6 Å². The van der Waals surface area contributed by atoms with E-state index in [1.807, 2.05) is 54.6 Å². The van der Waals surface area contributed by atoms with Crippen molar-refractivity contribution >= 4 is 23.2 Å². The molecule has 2 rings (SSSR count). The fourth-order valence-electron chi connectivity index (χ4n) is 1.77. The SMILES string of the molecule is CC(C)NC(CO)c1ccc(Cl)cc1.Clc1ccccc1. The fraction of sp³-hybridized carbons (Fsp3) is 0.294. The average molecular weight is 326 g/mol. The van der Waals surface area contributed by atoms with Gasteiger partial charge in [0.25, 0.3) is 0 Å². The monoisotopic (exact) mass is 325 g/mol. The van der Waals surface area contributed by atoms with Gasteiger partial charge in [0.1, 0.15) is 0 Å². The smallest absolute Gasteiger partial charge is 0.0626 e. The maximum absolute atomic E-state index is 9.20. The molecule has 0 aliphatic heterocycles. The van der Waals surface area contributed by atoms with Crippen molar-refractivity contribution in [2.75, 3.05) is 6.61 Å². The van der Waals surface area contributed by atoms with E-state index in [2.05, 4.69) is 19.2 Å². The van der Waals surface area contributed by atoms with Gasteiger partial charge in [0.05, 0.1) is 12.6 Å². The first-order valence-electron chi connectivity index (χ1n) is 6.86. The van der Waals surface area contributed by atoms with E-state index in [9.17, 15) is 5.11 Å². The van der Waals surface area contributed by atoms with Crippen LogP contribution in [0, 0.1) is 0 Å². The highest BCUT2D eigenvalue weighted by Crippen LogP contribution is 2.16. The highest BCUT2D eigenvalue weighted by Gasteiger charge is 2.10. The van der Waals surface area contributed by atoms with E-state index in [0.29, 0.717) is 6.04 Å². The van der Waals surface area contributed by atoms with E-state index in [1.165, 1.54) is 0 Å². The third kappa shape index (κ3) is 7.49. The van der Waals surface area contributed by atoms with Gasteiger partial charge in [-0.25, -0.2) is 0 Å². The molecule has 4 heteroatoms. The summed E-state index contributed by atoms with van der Waals surface area (Å²) in [6, 6.07) is 17.3. The summed E-state index contributed by atoms with van der Waals surface area (Å²) < 4.78 is 0. The number of aliphatic hydroxyl groups is 1. The zero-order chi connectivity index (χ0) is 15.7. The molecule has 2 nitrogen and oxygen atoms in total. The Kier molecular flexibility index (Phi) is 8.40. The van der Waals surface area contributed by atoms with Crippen molar-refractivity contribution in [2.24, 2.45) is 0 Å². The van der Waals surface area contributed by atoms with E-state index >= 15 is 0 Å². The normalized spacial score (nSPS) is 11.7.